The van der Waals surface area contributed by atoms with Crippen LogP contribution in [0, 0.1) is 0 Å². The Hall–Kier alpha value is -1.72. The van der Waals surface area contributed by atoms with Gasteiger partial charge in [-0.2, -0.15) is 5.10 Å². The van der Waals surface area contributed by atoms with Gasteiger partial charge in [0.25, 0.3) is 0 Å². The smallest absolute Gasteiger partial charge is 0.170 e. The third-order valence-electron chi connectivity index (χ3n) is 4.63. The lowest BCUT2D eigenvalue weighted by Crippen LogP contribution is -2.16. The summed E-state index contributed by atoms with van der Waals surface area (Å²) in [6.07, 6.45) is 1.96. The molecule has 142 valence electrons. The molecule has 0 aliphatic carbocycles. The molecule has 1 N–H and O–H groups in total. The molecule has 4 nitrogen and oxygen atoms in total. The Kier molecular flexibility index (Phi) is 6.33. The molecule has 2 heterocycles. The van der Waals surface area contributed by atoms with Crippen molar-refractivity contribution in [2.45, 2.75) is 18.9 Å². The van der Waals surface area contributed by atoms with E-state index in [1.54, 1.807) is 0 Å². The average Bonchev–Trinajstić information content (AvgIpc) is 2.90. The van der Waals surface area contributed by atoms with E-state index < -0.39 is 0 Å². The van der Waals surface area contributed by atoms with Gasteiger partial charge in [-0.1, -0.05) is 47.5 Å². The number of halogens is 3. The summed E-state index contributed by atoms with van der Waals surface area (Å²) in [6, 6.07) is 15.5. The van der Waals surface area contributed by atoms with E-state index in [4.69, 9.17) is 33.0 Å². The Bertz CT molecular complexity index is 925. The van der Waals surface area contributed by atoms with Crippen molar-refractivity contribution in [3.8, 4) is 22.7 Å². The van der Waals surface area contributed by atoms with E-state index in [2.05, 4.69) is 5.32 Å². The van der Waals surface area contributed by atoms with Crippen molar-refractivity contribution < 1.29 is 4.74 Å². The molecule has 7 heteroatoms. The van der Waals surface area contributed by atoms with Crippen molar-refractivity contribution in [2.75, 3.05) is 13.7 Å². The molecule has 27 heavy (non-hydrogen) atoms. The number of benzene rings is 2. The van der Waals surface area contributed by atoms with Gasteiger partial charge in [0, 0.05) is 10.6 Å². The summed E-state index contributed by atoms with van der Waals surface area (Å²) in [5.74, 6) is 0.809. The van der Waals surface area contributed by atoms with Gasteiger partial charge in [0.15, 0.2) is 5.75 Å². The summed E-state index contributed by atoms with van der Waals surface area (Å²) in [4.78, 5) is 0. The highest BCUT2D eigenvalue weighted by molar-refractivity contribution is 6.32. The number of nitrogens with one attached hydrogen (secondary N) is 1. The van der Waals surface area contributed by atoms with Crippen LogP contribution in [-0.4, -0.2) is 23.4 Å². The summed E-state index contributed by atoms with van der Waals surface area (Å²) in [5, 5.41) is 9.59. The van der Waals surface area contributed by atoms with Crippen LogP contribution < -0.4 is 10.1 Å². The highest BCUT2D eigenvalue weighted by Crippen LogP contribution is 2.41. The summed E-state index contributed by atoms with van der Waals surface area (Å²) in [6.45, 7) is 0.667. The number of rotatable bonds is 3. The van der Waals surface area contributed by atoms with Crippen LogP contribution in [0.15, 0.2) is 48.5 Å². The number of nitrogens with zero attached hydrogens (tertiary/aromatic N) is 2. The Labute approximate surface area is 174 Å². The van der Waals surface area contributed by atoms with Crippen LogP contribution in [-0.2, 0) is 0 Å². The molecular formula is C20H20Cl3N3O. The van der Waals surface area contributed by atoms with Crippen LogP contribution in [0.4, 0.5) is 0 Å². The topological polar surface area (TPSA) is 39.1 Å². The lowest BCUT2D eigenvalue weighted by atomic mass is 10.1. The summed E-state index contributed by atoms with van der Waals surface area (Å²) in [5.41, 5.74) is 3.62. The second-order valence-electron chi connectivity index (χ2n) is 6.27. The number of hydrogen-bond donors (Lipinski definition) is 1. The van der Waals surface area contributed by atoms with Gasteiger partial charge in [-0.15, -0.1) is 12.4 Å². The molecule has 0 spiro atoms. The first-order valence-corrected chi connectivity index (χ1v) is 9.38. The zero-order chi connectivity index (χ0) is 18.1. The molecule has 0 radical (unpaired) electrons. The van der Waals surface area contributed by atoms with Crippen LogP contribution in [0.25, 0.3) is 16.9 Å². The fourth-order valence-electron chi connectivity index (χ4n) is 3.33. The largest absolute Gasteiger partial charge is 0.489 e. The maximum absolute atomic E-state index is 6.47. The quantitative estimate of drug-likeness (QED) is 0.586. The summed E-state index contributed by atoms with van der Waals surface area (Å²) in [7, 11) is 1.95. The van der Waals surface area contributed by atoms with E-state index in [0.29, 0.717) is 16.7 Å². The molecule has 0 bridgehead atoms. The highest BCUT2D eigenvalue weighted by atomic mass is 35.5. The van der Waals surface area contributed by atoms with E-state index in [1.807, 2.05) is 60.3 Å². The molecule has 4 rings (SSSR count). The van der Waals surface area contributed by atoms with E-state index in [9.17, 15) is 0 Å². The molecule has 0 fully saturated rings. The highest BCUT2D eigenvalue weighted by Gasteiger charge is 2.29. The summed E-state index contributed by atoms with van der Waals surface area (Å²) >= 11 is 12.6. The van der Waals surface area contributed by atoms with Gasteiger partial charge in [0.1, 0.15) is 11.4 Å². The van der Waals surface area contributed by atoms with Gasteiger partial charge in [-0.3, -0.25) is 0 Å². The molecule has 0 saturated carbocycles. The van der Waals surface area contributed by atoms with Gasteiger partial charge >= 0.3 is 0 Å². The second-order valence-corrected chi connectivity index (χ2v) is 7.11. The third kappa shape index (κ3) is 3.81. The van der Waals surface area contributed by atoms with Crippen molar-refractivity contribution >= 4 is 35.6 Å². The lowest BCUT2D eigenvalue weighted by molar-refractivity contribution is 0.316. The molecule has 1 atom stereocenters. The van der Waals surface area contributed by atoms with Crippen molar-refractivity contribution in [2.24, 2.45) is 0 Å². The zero-order valence-electron chi connectivity index (χ0n) is 14.8. The Morgan fingerprint density at radius 1 is 1.11 bits per heavy atom. The van der Waals surface area contributed by atoms with Crippen LogP contribution in [0.1, 0.15) is 24.6 Å². The van der Waals surface area contributed by atoms with Crippen molar-refractivity contribution in [1.82, 2.24) is 15.1 Å². The predicted molar refractivity (Wildman–Crippen MR) is 113 cm³/mol. The number of ether oxygens (including phenoxy) is 1. The first-order valence-electron chi connectivity index (χ1n) is 8.63. The van der Waals surface area contributed by atoms with E-state index in [1.165, 1.54) is 0 Å². The molecule has 3 aromatic rings. The normalized spacial score (nSPS) is 16.0. The minimum atomic E-state index is 0. The Morgan fingerprint density at radius 3 is 2.56 bits per heavy atom. The van der Waals surface area contributed by atoms with E-state index in [0.717, 1.165) is 41.2 Å². The van der Waals surface area contributed by atoms with Gasteiger partial charge < -0.3 is 10.1 Å². The van der Waals surface area contributed by atoms with Crippen molar-refractivity contribution in [3.63, 3.8) is 0 Å². The van der Waals surface area contributed by atoms with Gasteiger partial charge in [-0.25, -0.2) is 4.68 Å². The van der Waals surface area contributed by atoms with E-state index >= 15 is 0 Å². The fraction of sp³-hybridized carbons (Fsp3) is 0.250. The number of fused-ring (bicyclic) bond motifs is 1. The molecule has 2 aromatic carbocycles. The van der Waals surface area contributed by atoms with Crippen molar-refractivity contribution in [3.05, 3.63) is 64.3 Å². The van der Waals surface area contributed by atoms with Crippen LogP contribution in [0.5, 0.6) is 5.75 Å². The molecule has 1 unspecified atom stereocenters. The standard InChI is InChI=1S/C20H19Cl2N3O.ClH/c1-23-16-6-4-12-26-20-18(16)24-25(17-7-3-2-5-15(17)22)19(20)13-8-10-14(21)11-9-13;/h2-3,5,7-11,16,23H,4,6,12H2,1H3;1H. The zero-order valence-corrected chi connectivity index (χ0v) is 17.1. The molecule has 0 amide bonds. The molecule has 1 aliphatic heterocycles. The minimum absolute atomic E-state index is 0. The van der Waals surface area contributed by atoms with Crippen LogP contribution in [0.3, 0.4) is 0 Å². The first kappa shape index (κ1) is 20.0. The molecular weight excluding hydrogens is 405 g/mol. The molecule has 0 saturated heterocycles. The van der Waals surface area contributed by atoms with Crippen molar-refractivity contribution in [1.29, 1.82) is 0 Å². The monoisotopic (exact) mass is 423 g/mol. The first-order chi connectivity index (χ1) is 12.7. The number of hydrogen-bond acceptors (Lipinski definition) is 3. The van der Waals surface area contributed by atoms with Gasteiger partial charge in [0.05, 0.1) is 23.4 Å². The Morgan fingerprint density at radius 2 is 1.85 bits per heavy atom. The average molecular weight is 425 g/mol. The number of para-hydroxylation sites is 1. The Balaban J connectivity index is 0.00000210. The lowest BCUT2D eigenvalue weighted by Gasteiger charge is -2.12. The minimum Gasteiger partial charge on any atom is -0.489 e. The van der Waals surface area contributed by atoms with Gasteiger partial charge in [0.2, 0.25) is 0 Å². The summed E-state index contributed by atoms with van der Waals surface area (Å²) < 4.78 is 8.02. The maximum atomic E-state index is 6.47. The van der Waals surface area contributed by atoms with Crippen LogP contribution >= 0.6 is 35.6 Å². The number of aromatic nitrogens is 2. The SMILES string of the molecule is CNC1CCCOc2c1nn(-c1ccccc1Cl)c2-c1ccc(Cl)cc1.Cl. The van der Waals surface area contributed by atoms with Gasteiger partial charge in [-0.05, 0) is 44.2 Å². The van der Waals surface area contributed by atoms with Crippen LogP contribution in [0.2, 0.25) is 10.0 Å². The second kappa shape index (κ2) is 8.53. The van der Waals surface area contributed by atoms with E-state index in [-0.39, 0.29) is 18.4 Å². The maximum Gasteiger partial charge on any atom is 0.170 e. The fourth-order valence-corrected chi connectivity index (χ4v) is 3.67. The molecule has 1 aliphatic rings. The molecule has 1 aromatic heterocycles. The predicted octanol–water partition coefficient (Wildman–Crippen LogP) is 5.70. The third-order valence-corrected chi connectivity index (χ3v) is 5.20.